The van der Waals surface area contributed by atoms with Gasteiger partial charge < -0.3 is 10.6 Å². The second-order valence-corrected chi connectivity index (χ2v) is 4.94. The Morgan fingerprint density at radius 3 is 2.35 bits per heavy atom. The van der Waals surface area contributed by atoms with Crippen LogP contribution in [0.25, 0.3) is 0 Å². The summed E-state index contributed by atoms with van der Waals surface area (Å²) in [5, 5.41) is 0. The van der Waals surface area contributed by atoms with Crippen LogP contribution in [0.1, 0.15) is 12.5 Å². The van der Waals surface area contributed by atoms with Gasteiger partial charge in [-0.15, -0.1) is 0 Å². The van der Waals surface area contributed by atoms with E-state index < -0.39 is 0 Å². The summed E-state index contributed by atoms with van der Waals surface area (Å²) in [6.45, 7) is 3.40. The van der Waals surface area contributed by atoms with Crippen LogP contribution in [0.3, 0.4) is 0 Å². The van der Waals surface area contributed by atoms with Crippen LogP contribution in [0.4, 0.5) is 10.1 Å². The number of hydrogen-bond donors (Lipinski definition) is 1. The van der Waals surface area contributed by atoms with Crippen molar-refractivity contribution >= 4 is 5.69 Å². The van der Waals surface area contributed by atoms with Gasteiger partial charge in [-0.2, -0.15) is 0 Å². The monoisotopic (exact) mass is 272 g/mol. The van der Waals surface area contributed by atoms with E-state index >= 15 is 0 Å². The van der Waals surface area contributed by atoms with E-state index in [2.05, 4.69) is 12.1 Å². The van der Waals surface area contributed by atoms with Crippen LogP contribution >= 0.6 is 0 Å². The summed E-state index contributed by atoms with van der Waals surface area (Å²) in [4.78, 5) is 1.99. The van der Waals surface area contributed by atoms with Gasteiger partial charge in [0.1, 0.15) is 5.82 Å². The lowest BCUT2D eigenvalue weighted by Crippen LogP contribution is -2.39. The van der Waals surface area contributed by atoms with Crippen molar-refractivity contribution in [3.8, 4) is 0 Å². The van der Waals surface area contributed by atoms with E-state index in [1.54, 1.807) is 12.1 Å². The van der Waals surface area contributed by atoms with Crippen LogP contribution in [-0.2, 0) is 6.42 Å². The lowest BCUT2D eigenvalue weighted by Gasteiger charge is -2.27. The van der Waals surface area contributed by atoms with Crippen molar-refractivity contribution in [2.75, 3.05) is 18.0 Å². The average molecular weight is 272 g/mol. The van der Waals surface area contributed by atoms with E-state index in [1.165, 1.54) is 11.6 Å². The number of anilines is 1. The normalized spacial score (nSPS) is 12.2. The van der Waals surface area contributed by atoms with E-state index in [-0.39, 0.29) is 11.9 Å². The van der Waals surface area contributed by atoms with Crippen molar-refractivity contribution < 1.29 is 4.39 Å². The molecule has 0 amide bonds. The molecule has 0 saturated carbocycles. The maximum Gasteiger partial charge on any atom is 0.146 e. The second kappa shape index (κ2) is 7.06. The largest absolute Gasteiger partial charge is 0.368 e. The highest BCUT2D eigenvalue weighted by atomic mass is 19.1. The summed E-state index contributed by atoms with van der Waals surface area (Å²) in [5.41, 5.74) is 8.04. The molecule has 20 heavy (non-hydrogen) atoms. The number of hydrogen-bond acceptors (Lipinski definition) is 2. The van der Waals surface area contributed by atoms with Crippen LogP contribution in [0, 0.1) is 5.82 Å². The molecule has 106 valence electrons. The van der Waals surface area contributed by atoms with Crippen molar-refractivity contribution in [3.63, 3.8) is 0 Å². The van der Waals surface area contributed by atoms with E-state index in [0.29, 0.717) is 12.2 Å². The first-order valence-corrected chi connectivity index (χ1v) is 6.99. The summed E-state index contributed by atoms with van der Waals surface area (Å²) >= 11 is 0. The molecule has 0 aliphatic heterocycles. The van der Waals surface area contributed by atoms with Gasteiger partial charge in [-0.1, -0.05) is 42.5 Å². The summed E-state index contributed by atoms with van der Waals surface area (Å²) in [7, 11) is 0. The smallest absolute Gasteiger partial charge is 0.146 e. The van der Waals surface area contributed by atoms with Crippen LogP contribution in [-0.4, -0.2) is 19.1 Å². The maximum atomic E-state index is 13.8. The van der Waals surface area contributed by atoms with E-state index in [4.69, 9.17) is 5.73 Å². The highest BCUT2D eigenvalue weighted by Crippen LogP contribution is 2.18. The Balaban J connectivity index is 2.01. The summed E-state index contributed by atoms with van der Waals surface area (Å²) < 4.78 is 13.8. The molecule has 1 unspecified atom stereocenters. The molecule has 0 aliphatic rings. The summed E-state index contributed by atoms with van der Waals surface area (Å²) in [6, 6.07) is 17.0. The number of halogens is 1. The minimum atomic E-state index is -0.193. The van der Waals surface area contributed by atoms with Gasteiger partial charge in [-0.25, -0.2) is 4.39 Å². The molecule has 0 saturated heterocycles. The van der Waals surface area contributed by atoms with Gasteiger partial charge in [0.05, 0.1) is 5.69 Å². The standard InChI is InChI=1S/C17H21FN2/c1-2-20(17-11-7-6-10-16(17)18)13-15(19)12-14-8-4-3-5-9-14/h3-11,15H,2,12-13,19H2,1H3. The van der Waals surface area contributed by atoms with E-state index in [9.17, 15) is 4.39 Å². The molecular formula is C17H21FN2. The predicted octanol–water partition coefficient (Wildman–Crippen LogP) is 3.22. The number of likely N-dealkylation sites (N-methyl/N-ethyl adjacent to an activating group) is 1. The van der Waals surface area contributed by atoms with Gasteiger partial charge in [-0.05, 0) is 31.0 Å². The molecule has 0 spiro atoms. The minimum absolute atomic E-state index is 0.0167. The number of nitrogens with zero attached hydrogens (tertiary/aromatic N) is 1. The molecule has 2 rings (SSSR count). The molecule has 2 aromatic rings. The van der Waals surface area contributed by atoms with Gasteiger partial charge in [0, 0.05) is 19.1 Å². The van der Waals surface area contributed by atoms with Crippen LogP contribution in [0.2, 0.25) is 0 Å². The van der Waals surface area contributed by atoms with Gasteiger partial charge in [0.25, 0.3) is 0 Å². The Morgan fingerprint density at radius 1 is 1.05 bits per heavy atom. The molecule has 3 heteroatoms. The molecule has 0 heterocycles. The third kappa shape index (κ3) is 3.81. The molecule has 2 nitrogen and oxygen atoms in total. The Kier molecular flexibility index (Phi) is 5.13. The number of nitrogens with two attached hydrogens (primary N) is 1. The molecule has 0 aromatic heterocycles. The van der Waals surface area contributed by atoms with E-state index in [1.807, 2.05) is 36.1 Å². The lowest BCUT2D eigenvalue weighted by molar-refractivity contribution is 0.596. The van der Waals surface area contributed by atoms with Crippen molar-refractivity contribution in [2.24, 2.45) is 5.73 Å². The average Bonchev–Trinajstić information content (AvgIpc) is 2.46. The molecule has 0 bridgehead atoms. The molecular weight excluding hydrogens is 251 g/mol. The molecule has 2 aromatic carbocycles. The van der Waals surface area contributed by atoms with Crippen molar-refractivity contribution in [1.82, 2.24) is 0 Å². The van der Waals surface area contributed by atoms with Crippen molar-refractivity contribution in [2.45, 2.75) is 19.4 Å². The zero-order valence-electron chi connectivity index (χ0n) is 11.8. The fourth-order valence-corrected chi connectivity index (χ4v) is 2.37. The quantitative estimate of drug-likeness (QED) is 0.875. The molecule has 1 atom stereocenters. The molecule has 0 fully saturated rings. The topological polar surface area (TPSA) is 29.3 Å². The zero-order chi connectivity index (χ0) is 14.4. The highest BCUT2D eigenvalue weighted by molar-refractivity contribution is 5.47. The van der Waals surface area contributed by atoms with Crippen molar-refractivity contribution in [3.05, 3.63) is 66.0 Å². The van der Waals surface area contributed by atoms with Crippen LogP contribution in [0.15, 0.2) is 54.6 Å². The molecule has 0 radical (unpaired) electrons. The third-order valence-electron chi connectivity index (χ3n) is 3.37. The number of para-hydroxylation sites is 1. The summed E-state index contributed by atoms with van der Waals surface area (Å²) in [6.07, 6.45) is 0.797. The van der Waals surface area contributed by atoms with Gasteiger partial charge in [0.15, 0.2) is 0 Å². The fourth-order valence-electron chi connectivity index (χ4n) is 2.37. The van der Waals surface area contributed by atoms with Crippen molar-refractivity contribution in [1.29, 1.82) is 0 Å². The van der Waals surface area contributed by atoms with Crippen LogP contribution in [0.5, 0.6) is 0 Å². The van der Waals surface area contributed by atoms with Gasteiger partial charge in [-0.3, -0.25) is 0 Å². The Labute approximate surface area is 120 Å². The maximum absolute atomic E-state index is 13.8. The first-order chi connectivity index (χ1) is 9.70. The zero-order valence-corrected chi connectivity index (χ0v) is 11.8. The fraction of sp³-hybridized carbons (Fsp3) is 0.294. The first-order valence-electron chi connectivity index (χ1n) is 6.99. The predicted molar refractivity (Wildman–Crippen MR) is 82.4 cm³/mol. The SMILES string of the molecule is CCN(CC(N)Cc1ccccc1)c1ccccc1F. The molecule has 2 N–H and O–H groups in total. The Morgan fingerprint density at radius 2 is 1.70 bits per heavy atom. The second-order valence-electron chi connectivity index (χ2n) is 4.94. The minimum Gasteiger partial charge on any atom is -0.368 e. The number of rotatable bonds is 6. The summed E-state index contributed by atoms with van der Waals surface area (Å²) in [5.74, 6) is -0.193. The third-order valence-corrected chi connectivity index (χ3v) is 3.37. The lowest BCUT2D eigenvalue weighted by atomic mass is 10.1. The van der Waals surface area contributed by atoms with Gasteiger partial charge >= 0.3 is 0 Å². The highest BCUT2D eigenvalue weighted by Gasteiger charge is 2.13. The first kappa shape index (κ1) is 14.5. The van der Waals surface area contributed by atoms with Crippen LogP contribution < -0.4 is 10.6 Å². The molecule has 0 aliphatic carbocycles. The Bertz CT molecular complexity index is 528. The number of benzene rings is 2. The van der Waals surface area contributed by atoms with Gasteiger partial charge in [0.2, 0.25) is 0 Å². The Hall–Kier alpha value is -1.87. The van der Waals surface area contributed by atoms with E-state index in [0.717, 1.165) is 13.0 Å².